The van der Waals surface area contributed by atoms with Crippen molar-refractivity contribution in [1.82, 2.24) is 15.1 Å². The zero-order valence-electron chi connectivity index (χ0n) is 22.5. The first-order chi connectivity index (χ1) is 17.8. The van der Waals surface area contributed by atoms with Gasteiger partial charge in [-0.3, -0.25) is 14.4 Å². The van der Waals surface area contributed by atoms with Crippen molar-refractivity contribution in [1.29, 1.82) is 0 Å². The van der Waals surface area contributed by atoms with Crippen LogP contribution in [0.25, 0.3) is 0 Å². The number of hydrogen-bond donors (Lipinski definition) is 1. The van der Waals surface area contributed by atoms with Crippen LogP contribution in [0.3, 0.4) is 0 Å². The number of amides is 2. The van der Waals surface area contributed by atoms with Crippen LogP contribution in [0, 0.1) is 17.8 Å². The number of likely N-dealkylation sites (N-methyl/N-ethyl adjacent to an activating group) is 1. The topological polar surface area (TPSA) is 82.2 Å². The molecule has 37 heavy (non-hydrogen) atoms. The third-order valence-corrected chi connectivity index (χ3v) is 9.04. The maximum Gasteiger partial charge on any atom is 0.251 e. The summed E-state index contributed by atoms with van der Waals surface area (Å²) in [5.74, 6) is 0.159. The number of piperazine rings is 1. The molecule has 8 nitrogen and oxygen atoms in total. The molecule has 3 aliphatic heterocycles. The molecule has 3 saturated heterocycles. The maximum atomic E-state index is 14.0. The average Bonchev–Trinajstić information content (AvgIpc) is 3.48. The van der Waals surface area contributed by atoms with Gasteiger partial charge in [-0.15, -0.1) is 0 Å². The molecule has 0 aromatic heterocycles. The number of carbonyl (C=O) groups is 3. The molecule has 4 atom stereocenters. The van der Waals surface area contributed by atoms with Crippen LogP contribution < -0.4 is 10.2 Å². The Hall–Kier alpha value is -2.45. The van der Waals surface area contributed by atoms with Gasteiger partial charge in [-0.05, 0) is 56.0 Å². The highest BCUT2D eigenvalue weighted by molar-refractivity contribution is 5.99. The van der Waals surface area contributed by atoms with E-state index in [1.807, 2.05) is 24.3 Å². The minimum atomic E-state index is -0.620. The van der Waals surface area contributed by atoms with Gasteiger partial charge in [0.25, 0.3) is 5.91 Å². The minimum absolute atomic E-state index is 0.0188. The molecule has 1 aromatic carbocycles. The van der Waals surface area contributed by atoms with E-state index in [2.05, 4.69) is 36.0 Å². The lowest BCUT2D eigenvalue weighted by atomic mass is 9.83. The van der Waals surface area contributed by atoms with Gasteiger partial charge in [0.1, 0.15) is 18.7 Å². The fourth-order valence-corrected chi connectivity index (χ4v) is 6.65. The zero-order chi connectivity index (χ0) is 26.1. The van der Waals surface area contributed by atoms with Gasteiger partial charge in [0, 0.05) is 49.9 Å². The summed E-state index contributed by atoms with van der Waals surface area (Å²) < 4.78 is 5.85. The predicted molar refractivity (Wildman–Crippen MR) is 143 cm³/mol. The monoisotopic (exact) mass is 510 g/mol. The number of carbonyl (C=O) groups excluding carboxylic acids is 3. The molecule has 1 N–H and O–H groups in total. The number of ether oxygens (including phenoxy) is 1. The van der Waals surface area contributed by atoms with Gasteiger partial charge in [0.05, 0.1) is 6.10 Å². The molecule has 2 amide bonds. The maximum absolute atomic E-state index is 14.0. The number of hydrogen-bond acceptors (Lipinski definition) is 6. The number of nitrogens with one attached hydrogen (secondary N) is 1. The lowest BCUT2D eigenvalue weighted by molar-refractivity contribution is -0.139. The van der Waals surface area contributed by atoms with Crippen molar-refractivity contribution in [2.75, 3.05) is 51.3 Å². The highest BCUT2D eigenvalue weighted by Crippen LogP contribution is 2.37. The van der Waals surface area contributed by atoms with Crippen LogP contribution in [0.15, 0.2) is 24.3 Å². The van der Waals surface area contributed by atoms with Crippen molar-refractivity contribution in [3.8, 4) is 0 Å². The smallest absolute Gasteiger partial charge is 0.251 e. The summed E-state index contributed by atoms with van der Waals surface area (Å²) in [5.41, 5.74) is 1.68. The van der Waals surface area contributed by atoms with Crippen molar-refractivity contribution >= 4 is 23.3 Å². The first-order valence-corrected chi connectivity index (χ1v) is 14.1. The Morgan fingerprint density at radius 2 is 1.68 bits per heavy atom. The van der Waals surface area contributed by atoms with Gasteiger partial charge < -0.3 is 24.8 Å². The summed E-state index contributed by atoms with van der Waals surface area (Å²) in [5, 5.41) is 3.12. The summed E-state index contributed by atoms with van der Waals surface area (Å²) in [6.07, 6.45) is 4.88. The van der Waals surface area contributed by atoms with Crippen LogP contribution in [0.2, 0.25) is 0 Å². The second-order valence-corrected chi connectivity index (χ2v) is 11.8. The van der Waals surface area contributed by atoms with E-state index in [1.54, 1.807) is 4.90 Å². The molecule has 0 bridgehead atoms. The summed E-state index contributed by atoms with van der Waals surface area (Å²) in [4.78, 5) is 46.6. The SMILES string of the molecule is CC(C)C1CN(C(=O)[C@@H](NC(=O)c2ccc(N3CCN(C)CC3)cc2)C2CCCCC2)C2C(=O)COC12. The van der Waals surface area contributed by atoms with E-state index < -0.39 is 12.1 Å². The molecule has 5 rings (SSSR count). The van der Waals surface area contributed by atoms with Crippen LogP contribution in [-0.4, -0.2) is 92.0 Å². The van der Waals surface area contributed by atoms with Gasteiger partial charge in [-0.2, -0.15) is 0 Å². The Balaban J connectivity index is 1.32. The second-order valence-electron chi connectivity index (χ2n) is 11.8. The van der Waals surface area contributed by atoms with E-state index in [9.17, 15) is 14.4 Å². The summed E-state index contributed by atoms with van der Waals surface area (Å²) in [7, 11) is 2.13. The Labute approximate surface area is 220 Å². The lowest BCUT2D eigenvalue weighted by Gasteiger charge is -2.34. The Morgan fingerprint density at radius 1 is 1.00 bits per heavy atom. The molecule has 4 aliphatic rings. The quantitative estimate of drug-likeness (QED) is 0.634. The highest BCUT2D eigenvalue weighted by atomic mass is 16.5. The Kier molecular flexibility index (Phi) is 7.86. The molecule has 0 spiro atoms. The van der Waals surface area contributed by atoms with Gasteiger partial charge in [-0.1, -0.05) is 33.1 Å². The molecule has 202 valence electrons. The zero-order valence-corrected chi connectivity index (χ0v) is 22.5. The van der Waals surface area contributed by atoms with Crippen molar-refractivity contribution in [3.05, 3.63) is 29.8 Å². The van der Waals surface area contributed by atoms with Crippen LogP contribution in [0.4, 0.5) is 5.69 Å². The van der Waals surface area contributed by atoms with Crippen LogP contribution in [0.5, 0.6) is 0 Å². The molecule has 0 radical (unpaired) electrons. The number of fused-ring (bicyclic) bond motifs is 1. The third-order valence-electron chi connectivity index (χ3n) is 9.04. The Morgan fingerprint density at radius 3 is 2.32 bits per heavy atom. The molecule has 3 heterocycles. The van der Waals surface area contributed by atoms with Crippen molar-refractivity contribution < 1.29 is 19.1 Å². The largest absolute Gasteiger partial charge is 0.369 e. The highest BCUT2D eigenvalue weighted by Gasteiger charge is 2.54. The van der Waals surface area contributed by atoms with E-state index in [-0.39, 0.29) is 42.1 Å². The lowest BCUT2D eigenvalue weighted by Crippen LogP contribution is -2.55. The van der Waals surface area contributed by atoms with E-state index in [0.717, 1.165) is 64.0 Å². The average molecular weight is 511 g/mol. The fourth-order valence-electron chi connectivity index (χ4n) is 6.65. The number of anilines is 1. The summed E-state index contributed by atoms with van der Waals surface area (Å²) in [6.45, 7) is 8.81. The number of rotatable bonds is 6. The minimum Gasteiger partial charge on any atom is -0.369 e. The summed E-state index contributed by atoms with van der Waals surface area (Å²) >= 11 is 0. The molecular formula is C29H42N4O4. The second kappa shape index (κ2) is 11.1. The van der Waals surface area contributed by atoms with E-state index in [1.165, 1.54) is 0 Å². The fraction of sp³-hybridized carbons (Fsp3) is 0.690. The molecule has 8 heteroatoms. The van der Waals surface area contributed by atoms with Crippen LogP contribution in [-0.2, 0) is 14.3 Å². The number of Topliss-reactive ketones (excluding diaryl/α,β-unsaturated/α-hetero) is 1. The first kappa shape index (κ1) is 26.2. The van der Waals surface area contributed by atoms with Gasteiger partial charge >= 0.3 is 0 Å². The number of ketones is 1. The van der Waals surface area contributed by atoms with E-state index in [4.69, 9.17) is 4.74 Å². The normalized spacial score (nSPS) is 28.0. The Bertz CT molecular complexity index is 982. The van der Waals surface area contributed by atoms with Crippen LogP contribution in [0.1, 0.15) is 56.3 Å². The molecule has 3 unspecified atom stereocenters. The van der Waals surface area contributed by atoms with Crippen molar-refractivity contribution in [3.63, 3.8) is 0 Å². The van der Waals surface area contributed by atoms with Gasteiger partial charge in [0.2, 0.25) is 5.91 Å². The standard InChI is InChI=1S/C29H42N4O4/c1-19(2)23-17-33(26-24(34)18-37-27(23)26)29(36)25(20-7-5-4-6-8-20)30-28(35)21-9-11-22(12-10-21)32-15-13-31(3)14-16-32/h9-12,19-20,23,25-27H,4-8,13-18H2,1-3H3,(H,30,35)/t23?,25-,26?,27?/m0/s1. The van der Waals surface area contributed by atoms with Gasteiger partial charge in [0.15, 0.2) is 5.78 Å². The van der Waals surface area contributed by atoms with Crippen molar-refractivity contribution in [2.24, 2.45) is 17.8 Å². The van der Waals surface area contributed by atoms with Gasteiger partial charge in [-0.25, -0.2) is 0 Å². The first-order valence-electron chi connectivity index (χ1n) is 14.1. The summed E-state index contributed by atoms with van der Waals surface area (Å²) in [6, 6.07) is 6.59. The molecule has 1 saturated carbocycles. The molecule has 4 fully saturated rings. The third kappa shape index (κ3) is 5.41. The molecular weight excluding hydrogens is 468 g/mol. The number of benzene rings is 1. The number of nitrogens with zero attached hydrogens (tertiary/aromatic N) is 3. The van der Waals surface area contributed by atoms with E-state index >= 15 is 0 Å². The predicted octanol–water partition coefficient (Wildman–Crippen LogP) is 2.57. The molecule has 1 aliphatic carbocycles. The van der Waals surface area contributed by atoms with Crippen LogP contribution >= 0.6 is 0 Å². The van der Waals surface area contributed by atoms with Crippen molar-refractivity contribution in [2.45, 2.75) is 64.1 Å². The van der Waals surface area contributed by atoms with E-state index in [0.29, 0.717) is 18.0 Å². The molecule has 1 aromatic rings. The number of likely N-dealkylation sites (tertiary alicyclic amines) is 1.